The van der Waals surface area contributed by atoms with Crippen LogP contribution in [0, 0.1) is 5.41 Å². The molecule has 0 atom stereocenters. The fraction of sp³-hybridized carbons (Fsp3) is 0.583. The summed E-state index contributed by atoms with van der Waals surface area (Å²) in [6, 6.07) is 2.05. The Balaban J connectivity index is 2.16. The number of hydrogen-bond acceptors (Lipinski definition) is 1. The van der Waals surface area contributed by atoms with Crippen LogP contribution in [0.4, 0.5) is 0 Å². The maximum absolute atomic E-state index is 6.14. The maximum Gasteiger partial charge on any atom is 0.0621 e. The zero-order chi connectivity index (χ0) is 10.7. The minimum absolute atomic E-state index is 0.436. The zero-order valence-electron chi connectivity index (χ0n) is 8.68. The number of rotatable bonds is 3. The van der Waals surface area contributed by atoms with Gasteiger partial charge in [0.2, 0.25) is 0 Å². The fourth-order valence-electron chi connectivity index (χ4n) is 2.43. The SMILES string of the molecule is Clc1cnccc1CC1(CBr)CCCC1. The Hall–Kier alpha value is -0.0800. The molecule has 1 fully saturated rings. The summed E-state index contributed by atoms with van der Waals surface area (Å²) < 4.78 is 0. The molecule has 3 heteroatoms. The highest BCUT2D eigenvalue weighted by molar-refractivity contribution is 9.09. The Morgan fingerprint density at radius 3 is 2.73 bits per heavy atom. The van der Waals surface area contributed by atoms with Crippen LogP contribution in [0.25, 0.3) is 0 Å². The molecular weight excluding hydrogens is 273 g/mol. The van der Waals surface area contributed by atoms with Gasteiger partial charge in [-0.1, -0.05) is 40.4 Å². The molecule has 0 unspecified atom stereocenters. The van der Waals surface area contributed by atoms with E-state index in [2.05, 4.69) is 20.9 Å². The van der Waals surface area contributed by atoms with Gasteiger partial charge < -0.3 is 0 Å². The van der Waals surface area contributed by atoms with E-state index in [1.54, 1.807) is 6.20 Å². The highest BCUT2D eigenvalue weighted by Gasteiger charge is 2.33. The average Bonchev–Trinajstić information content (AvgIpc) is 2.71. The molecule has 82 valence electrons. The third kappa shape index (κ3) is 2.54. The predicted molar refractivity (Wildman–Crippen MR) is 67.6 cm³/mol. The molecule has 0 amide bonds. The topological polar surface area (TPSA) is 12.9 Å². The molecule has 1 nitrogen and oxygen atoms in total. The summed E-state index contributed by atoms with van der Waals surface area (Å²) in [7, 11) is 0. The van der Waals surface area contributed by atoms with Gasteiger partial charge in [0.15, 0.2) is 0 Å². The molecule has 0 saturated heterocycles. The number of pyridine rings is 1. The van der Waals surface area contributed by atoms with Crippen molar-refractivity contribution in [1.82, 2.24) is 4.98 Å². The molecule has 1 aromatic rings. The van der Waals surface area contributed by atoms with Crippen molar-refractivity contribution in [2.75, 3.05) is 5.33 Å². The first-order chi connectivity index (χ1) is 7.26. The molecule has 0 spiro atoms. The Morgan fingerprint density at radius 2 is 2.13 bits per heavy atom. The van der Waals surface area contributed by atoms with Crippen LogP contribution in [-0.4, -0.2) is 10.3 Å². The lowest BCUT2D eigenvalue weighted by molar-refractivity contribution is 0.346. The smallest absolute Gasteiger partial charge is 0.0621 e. The van der Waals surface area contributed by atoms with E-state index in [-0.39, 0.29) is 0 Å². The van der Waals surface area contributed by atoms with E-state index in [0.717, 1.165) is 16.8 Å². The van der Waals surface area contributed by atoms with E-state index in [4.69, 9.17) is 11.6 Å². The second-order valence-electron chi connectivity index (χ2n) is 4.48. The second kappa shape index (κ2) is 4.84. The first-order valence-electron chi connectivity index (χ1n) is 5.40. The Kier molecular flexibility index (Phi) is 3.68. The molecular formula is C12H15BrClN. The molecule has 1 heterocycles. The van der Waals surface area contributed by atoms with Crippen LogP contribution in [0.1, 0.15) is 31.2 Å². The summed E-state index contributed by atoms with van der Waals surface area (Å²) >= 11 is 9.80. The normalized spacial score (nSPS) is 19.3. The summed E-state index contributed by atoms with van der Waals surface area (Å²) in [6.45, 7) is 0. The first kappa shape index (κ1) is 11.4. The molecule has 0 radical (unpaired) electrons. The monoisotopic (exact) mass is 287 g/mol. The zero-order valence-corrected chi connectivity index (χ0v) is 11.0. The van der Waals surface area contributed by atoms with Gasteiger partial charge in [-0.3, -0.25) is 4.98 Å². The van der Waals surface area contributed by atoms with Crippen LogP contribution >= 0.6 is 27.5 Å². The molecule has 2 rings (SSSR count). The van der Waals surface area contributed by atoms with Gasteiger partial charge in [0, 0.05) is 17.7 Å². The summed E-state index contributed by atoms with van der Waals surface area (Å²) in [5.74, 6) is 0. The predicted octanol–water partition coefficient (Wildman–Crippen LogP) is 4.23. The minimum atomic E-state index is 0.436. The van der Waals surface area contributed by atoms with Crippen LogP contribution in [0.3, 0.4) is 0 Å². The van der Waals surface area contributed by atoms with Gasteiger partial charge >= 0.3 is 0 Å². The minimum Gasteiger partial charge on any atom is -0.263 e. The Morgan fingerprint density at radius 1 is 1.40 bits per heavy atom. The third-order valence-corrected chi connectivity index (χ3v) is 4.90. The quantitative estimate of drug-likeness (QED) is 0.758. The van der Waals surface area contributed by atoms with Crippen molar-refractivity contribution in [3.8, 4) is 0 Å². The summed E-state index contributed by atoms with van der Waals surface area (Å²) in [6.07, 6.45) is 10.0. The molecule has 0 aliphatic heterocycles. The van der Waals surface area contributed by atoms with Gasteiger partial charge in [0.25, 0.3) is 0 Å². The lowest BCUT2D eigenvalue weighted by atomic mass is 9.82. The fourth-order valence-corrected chi connectivity index (χ4v) is 3.38. The first-order valence-corrected chi connectivity index (χ1v) is 6.90. The standard InChI is InChI=1S/C12H15BrClN/c13-9-12(4-1-2-5-12)7-10-3-6-15-8-11(10)14/h3,6,8H,1-2,4-5,7,9H2. The molecule has 0 N–H and O–H groups in total. The largest absolute Gasteiger partial charge is 0.263 e. The van der Waals surface area contributed by atoms with Gasteiger partial charge in [-0.15, -0.1) is 0 Å². The van der Waals surface area contributed by atoms with Crippen molar-refractivity contribution in [2.24, 2.45) is 5.41 Å². The molecule has 1 aliphatic rings. The van der Waals surface area contributed by atoms with Crippen LogP contribution in [0.2, 0.25) is 5.02 Å². The number of nitrogens with zero attached hydrogens (tertiary/aromatic N) is 1. The van der Waals surface area contributed by atoms with E-state index in [1.807, 2.05) is 12.3 Å². The van der Waals surface area contributed by atoms with Gasteiger partial charge in [-0.2, -0.15) is 0 Å². The number of halogens is 2. The summed E-state index contributed by atoms with van der Waals surface area (Å²) in [5, 5.41) is 1.89. The van der Waals surface area contributed by atoms with E-state index in [9.17, 15) is 0 Å². The molecule has 1 aliphatic carbocycles. The average molecular weight is 289 g/mol. The van der Waals surface area contributed by atoms with Crippen LogP contribution in [-0.2, 0) is 6.42 Å². The van der Waals surface area contributed by atoms with Gasteiger partial charge in [0.1, 0.15) is 0 Å². The van der Waals surface area contributed by atoms with E-state index in [0.29, 0.717) is 5.41 Å². The molecule has 1 aromatic heterocycles. The van der Waals surface area contributed by atoms with Gasteiger partial charge in [-0.05, 0) is 36.3 Å². The molecule has 1 saturated carbocycles. The second-order valence-corrected chi connectivity index (χ2v) is 5.45. The highest BCUT2D eigenvalue weighted by Crippen LogP contribution is 2.43. The molecule has 15 heavy (non-hydrogen) atoms. The third-order valence-electron chi connectivity index (χ3n) is 3.37. The van der Waals surface area contributed by atoms with Crippen molar-refractivity contribution >= 4 is 27.5 Å². The molecule has 0 bridgehead atoms. The number of alkyl halides is 1. The van der Waals surface area contributed by atoms with Crippen LogP contribution in [0.5, 0.6) is 0 Å². The van der Waals surface area contributed by atoms with Crippen LogP contribution in [0.15, 0.2) is 18.5 Å². The Bertz CT molecular complexity index is 334. The van der Waals surface area contributed by atoms with Crippen molar-refractivity contribution in [3.05, 3.63) is 29.0 Å². The highest BCUT2D eigenvalue weighted by atomic mass is 79.9. The van der Waals surface area contributed by atoms with Gasteiger partial charge in [-0.25, -0.2) is 0 Å². The maximum atomic E-state index is 6.14. The van der Waals surface area contributed by atoms with E-state index < -0.39 is 0 Å². The van der Waals surface area contributed by atoms with E-state index in [1.165, 1.54) is 31.2 Å². The van der Waals surface area contributed by atoms with Crippen molar-refractivity contribution < 1.29 is 0 Å². The lowest BCUT2D eigenvalue weighted by Gasteiger charge is -2.26. The van der Waals surface area contributed by atoms with Gasteiger partial charge in [0.05, 0.1) is 5.02 Å². The summed E-state index contributed by atoms with van der Waals surface area (Å²) in [5.41, 5.74) is 1.68. The number of aromatic nitrogens is 1. The Labute approximate surface area is 104 Å². The number of hydrogen-bond donors (Lipinski definition) is 0. The van der Waals surface area contributed by atoms with E-state index >= 15 is 0 Å². The van der Waals surface area contributed by atoms with Crippen LogP contribution < -0.4 is 0 Å². The lowest BCUT2D eigenvalue weighted by Crippen LogP contribution is -2.21. The van der Waals surface area contributed by atoms with Crippen molar-refractivity contribution in [2.45, 2.75) is 32.1 Å². The summed E-state index contributed by atoms with van der Waals surface area (Å²) in [4.78, 5) is 4.02. The molecule has 0 aromatic carbocycles. The van der Waals surface area contributed by atoms with Crippen molar-refractivity contribution in [3.63, 3.8) is 0 Å². The van der Waals surface area contributed by atoms with Crippen molar-refractivity contribution in [1.29, 1.82) is 0 Å².